The van der Waals surface area contributed by atoms with E-state index in [9.17, 15) is 13.2 Å². The summed E-state index contributed by atoms with van der Waals surface area (Å²) in [5.74, 6) is 0. The van der Waals surface area contributed by atoms with Gasteiger partial charge >= 0.3 is 25.0 Å². The Morgan fingerprint density at radius 3 is 2.38 bits per heavy atom. The van der Waals surface area contributed by atoms with Crippen LogP contribution in [0.25, 0.3) is 0 Å². The largest absolute Gasteiger partial charge is 1.00 e. The second-order valence-electron chi connectivity index (χ2n) is 2.36. The van der Waals surface area contributed by atoms with Gasteiger partial charge in [0.2, 0.25) is 0 Å². The molecule has 1 N–H and O–H groups in total. The molecule has 1 rings (SSSR count). The Kier molecular flexibility index (Phi) is 4.55. The molecule has 13 heavy (non-hydrogen) atoms. The molecule has 5 heteroatoms. The normalized spacial score (nSPS) is 10.8. The number of rotatable bonds is 1. The van der Waals surface area contributed by atoms with Crippen LogP contribution in [0.15, 0.2) is 24.3 Å². The van der Waals surface area contributed by atoms with Crippen LogP contribution in [0.2, 0.25) is 0 Å². The van der Waals surface area contributed by atoms with Crippen LogP contribution in [0.4, 0.5) is 13.2 Å². The molecule has 0 amide bonds. The van der Waals surface area contributed by atoms with E-state index in [2.05, 4.69) is 0 Å². The van der Waals surface area contributed by atoms with E-state index in [4.69, 9.17) is 5.11 Å². The minimum Gasteiger partial charge on any atom is -1.00 e. The number of hydrogen-bond donors (Lipinski definition) is 1. The molecule has 0 unspecified atom stereocenters. The molecule has 0 saturated carbocycles. The average molecular weight is 184 g/mol. The Morgan fingerprint density at radius 2 is 1.92 bits per heavy atom. The predicted molar refractivity (Wildman–Crippen MR) is 38.5 cm³/mol. The maximum absolute atomic E-state index is 12.0. The Balaban J connectivity index is 0. The minimum atomic E-state index is -4.33. The van der Waals surface area contributed by atoms with Crippen molar-refractivity contribution in [1.29, 1.82) is 0 Å². The third-order valence-corrected chi connectivity index (χ3v) is 1.44. The van der Waals surface area contributed by atoms with Gasteiger partial charge in [-0.05, 0) is 17.7 Å². The van der Waals surface area contributed by atoms with Crippen LogP contribution in [0, 0.1) is 0 Å². The van der Waals surface area contributed by atoms with Gasteiger partial charge < -0.3 is 6.53 Å². The van der Waals surface area contributed by atoms with Gasteiger partial charge in [0.15, 0.2) is 0 Å². The third kappa shape index (κ3) is 3.43. The zero-order valence-electron chi connectivity index (χ0n) is 8.10. The zero-order chi connectivity index (χ0) is 9.19. The molecule has 0 aromatic heterocycles. The summed E-state index contributed by atoms with van der Waals surface area (Å²) >= 11 is 0. The van der Waals surface area contributed by atoms with Gasteiger partial charge in [-0.25, -0.2) is 0 Å². The van der Waals surface area contributed by atoms with E-state index in [1.807, 2.05) is 0 Å². The Labute approximate surface area is 87.2 Å². The Hall–Kier alpha value is -0.433. The molecular formula is C8H8F3LiO. The molecule has 0 radical (unpaired) electrons. The topological polar surface area (TPSA) is 20.2 Å². The molecule has 0 aliphatic rings. The first-order valence-electron chi connectivity index (χ1n) is 3.31. The van der Waals surface area contributed by atoms with Crippen molar-refractivity contribution in [3.05, 3.63) is 35.4 Å². The second kappa shape index (κ2) is 4.71. The van der Waals surface area contributed by atoms with Crippen LogP contribution in [0.5, 0.6) is 0 Å². The van der Waals surface area contributed by atoms with E-state index in [-0.39, 0.29) is 32.5 Å². The molecule has 1 aromatic rings. The van der Waals surface area contributed by atoms with E-state index in [0.717, 1.165) is 12.1 Å². The van der Waals surface area contributed by atoms with Gasteiger partial charge in [0.25, 0.3) is 0 Å². The molecule has 0 saturated heterocycles. The van der Waals surface area contributed by atoms with Crippen LogP contribution in [-0.4, -0.2) is 5.11 Å². The quantitative estimate of drug-likeness (QED) is 0.573. The van der Waals surface area contributed by atoms with Gasteiger partial charge in [0.1, 0.15) is 0 Å². The first-order valence-corrected chi connectivity index (χ1v) is 3.31. The second-order valence-corrected chi connectivity index (χ2v) is 2.36. The van der Waals surface area contributed by atoms with Crippen molar-refractivity contribution < 1.29 is 38.6 Å². The summed E-state index contributed by atoms with van der Waals surface area (Å²) in [5.41, 5.74) is -0.459. The summed E-state index contributed by atoms with van der Waals surface area (Å²) in [6, 6.07) is 4.61. The first-order chi connectivity index (χ1) is 5.54. The van der Waals surface area contributed by atoms with E-state index in [1.165, 1.54) is 12.1 Å². The maximum Gasteiger partial charge on any atom is 1.00 e. The summed E-state index contributed by atoms with van der Waals surface area (Å²) < 4.78 is 36.1. The fourth-order valence-electron chi connectivity index (χ4n) is 0.846. The van der Waals surface area contributed by atoms with Gasteiger partial charge in [-0.15, -0.1) is 0 Å². The van der Waals surface area contributed by atoms with Crippen LogP contribution in [-0.2, 0) is 12.8 Å². The summed E-state index contributed by atoms with van der Waals surface area (Å²) in [7, 11) is 0. The summed E-state index contributed by atoms with van der Waals surface area (Å²) in [4.78, 5) is 0. The van der Waals surface area contributed by atoms with Crippen molar-refractivity contribution in [2.45, 2.75) is 12.8 Å². The van der Waals surface area contributed by atoms with Crippen molar-refractivity contribution >= 4 is 0 Å². The first kappa shape index (κ1) is 12.6. The van der Waals surface area contributed by atoms with Crippen LogP contribution in [0.3, 0.4) is 0 Å². The summed E-state index contributed by atoms with van der Waals surface area (Å²) in [6.45, 7) is -0.371. The van der Waals surface area contributed by atoms with Gasteiger partial charge in [-0.2, -0.15) is 13.2 Å². The number of hydrogen-bond acceptors (Lipinski definition) is 1. The van der Waals surface area contributed by atoms with Gasteiger partial charge in [0, 0.05) is 0 Å². The monoisotopic (exact) mass is 184 g/mol. The number of benzene rings is 1. The molecule has 0 spiro atoms. The number of halogens is 3. The van der Waals surface area contributed by atoms with Gasteiger partial charge in [-0.1, -0.05) is 12.1 Å². The fraction of sp³-hybridized carbons (Fsp3) is 0.250. The number of aliphatic hydroxyl groups is 1. The number of alkyl halides is 3. The van der Waals surface area contributed by atoms with Crippen LogP contribution in [0.1, 0.15) is 12.6 Å². The average Bonchev–Trinajstić information content (AvgIpc) is 2.03. The summed E-state index contributed by atoms with van der Waals surface area (Å²) in [5, 5.41) is 8.56. The van der Waals surface area contributed by atoms with E-state index >= 15 is 0 Å². The van der Waals surface area contributed by atoms with Gasteiger partial charge in [-0.3, -0.25) is 0 Å². The summed E-state index contributed by atoms with van der Waals surface area (Å²) in [6.07, 6.45) is -4.33. The Bertz CT molecular complexity index is 278. The predicted octanol–water partition coefficient (Wildman–Crippen LogP) is -0.686. The molecule has 0 aliphatic carbocycles. The van der Waals surface area contributed by atoms with Crippen molar-refractivity contribution in [3.8, 4) is 0 Å². The third-order valence-electron chi connectivity index (χ3n) is 1.44. The molecule has 0 heterocycles. The van der Waals surface area contributed by atoms with Crippen LogP contribution < -0.4 is 18.9 Å². The van der Waals surface area contributed by atoms with Crippen molar-refractivity contribution in [2.24, 2.45) is 0 Å². The molecule has 1 nitrogen and oxygen atoms in total. The van der Waals surface area contributed by atoms with Crippen molar-refractivity contribution in [2.75, 3.05) is 0 Å². The molecule has 1 aromatic carbocycles. The molecule has 0 aliphatic heterocycles. The fourth-order valence-corrected chi connectivity index (χ4v) is 0.846. The molecule has 0 bridgehead atoms. The smallest absolute Gasteiger partial charge is 1.00 e. The van der Waals surface area contributed by atoms with E-state index < -0.39 is 11.7 Å². The zero-order valence-corrected chi connectivity index (χ0v) is 7.10. The van der Waals surface area contributed by atoms with Crippen molar-refractivity contribution in [1.82, 2.24) is 0 Å². The van der Waals surface area contributed by atoms with Crippen molar-refractivity contribution in [3.63, 3.8) is 0 Å². The minimum absolute atomic E-state index is 0. The molecule has 0 fully saturated rings. The maximum atomic E-state index is 12.0. The van der Waals surface area contributed by atoms with Crippen LogP contribution >= 0.6 is 0 Å². The van der Waals surface area contributed by atoms with E-state index in [1.54, 1.807) is 0 Å². The molecular weight excluding hydrogens is 176 g/mol. The Morgan fingerprint density at radius 1 is 1.31 bits per heavy atom. The molecule has 0 atom stereocenters. The van der Waals surface area contributed by atoms with Gasteiger partial charge in [0.05, 0.1) is 12.2 Å². The standard InChI is InChI=1S/C8H7F3O.Li.H/c9-8(10,11)7-3-1-2-6(4-7)5-12;;/h1-4,12H,5H2;;/q;+1;-1. The molecule has 68 valence electrons. The SMILES string of the molecule is OCc1cccc(C(F)(F)F)c1.[H-].[Li+]. The van der Waals surface area contributed by atoms with E-state index in [0.29, 0.717) is 0 Å². The number of aliphatic hydroxyl groups excluding tert-OH is 1.